The summed E-state index contributed by atoms with van der Waals surface area (Å²) in [6, 6.07) is 8.18. The van der Waals surface area contributed by atoms with Crippen molar-refractivity contribution in [3.8, 4) is 0 Å². The van der Waals surface area contributed by atoms with Gasteiger partial charge in [-0.1, -0.05) is 17.7 Å². The highest BCUT2D eigenvalue weighted by Crippen LogP contribution is 2.26. The van der Waals surface area contributed by atoms with Crippen molar-refractivity contribution in [2.75, 3.05) is 5.32 Å². The molecule has 0 aliphatic heterocycles. The number of halogens is 1. The van der Waals surface area contributed by atoms with Crippen molar-refractivity contribution < 1.29 is 0 Å². The minimum Gasteiger partial charge on any atom is -0.378 e. The molecule has 0 bridgehead atoms. The summed E-state index contributed by atoms with van der Waals surface area (Å²) in [7, 11) is 0. The Morgan fingerprint density at radius 2 is 2.16 bits per heavy atom. The minimum absolute atomic E-state index is 0.671. The van der Waals surface area contributed by atoms with Crippen LogP contribution in [0.5, 0.6) is 0 Å². The van der Waals surface area contributed by atoms with Crippen LogP contribution in [0.25, 0.3) is 10.9 Å². The summed E-state index contributed by atoms with van der Waals surface area (Å²) in [4.78, 5) is 8.66. The van der Waals surface area contributed by atoms with Crippen LogP contribution in [0.1, 0.15) is 10.6 Å². The van der Waals surface area contributed by atoms with E-state index in [0.29, 0.717) is 10.9 Å². The topological polar surface area (TPSA) is 37.8 Å². The van der Waals surface area contributed by atoms with Gasteiger partial charge < -0.3 is 5.32 Å². The first-order valence-electron chi connectivity index (χ1n) is 5.92. The van der Waals surface area contributed by atoms with Crippen LogP contribution >= 0.6 is 22.9 Å². The van der Waals surface area contributed by atoms with Gasteiger partial charge in [0.2, 0.25) is 0 Å². The Kier molecular flexibility index (Phi) is 3.36. The van der Waals surface area contributed by atoms with Gasteiger partial charge >= 0.3 is 0 Å². The van der Waals surface area contributed by atoms with Crippen molar-refractivity contribution in [3.63, 3.8) is 0 Å². The van der Waals surface area contributed by atoms with Crippen LogP contribution in [0.3, 0.4) is 0 Å². The number of fused-ring (bicyclic) bond motifs is 1. The van der Waals surface area contributed by atoms with Gasteiger partial charge in [0.1, 0.15) is 9.34 Å². The van der Waals surface area contributed by atoms with Crippen LogP contribution in [0.4, 0.5) is 5.69 Å². The lowest BCUT2D eigenvalue weighted by Crippen LogP contribution is -2.00. The van der Waals surface area contributed by atoms with Crippen LogP contribution in [0.2, 0.25) is 4.34 Å². The van der Waals surface area contributed by atoms with Crippen molar-refractivity contribution in [1.82, 2.24) is 9.97 Å². The Labute approximate surface area is 120 Å². The maximum Gasteiger partial charge on any atom is 0.113 e. The molecule has 3 aromatic rings. The molecule has 0 amide bonds. The summed E-state index contributed by atoms with van der Waals surface area (Å²) in [6.45, 7) is 2.74. The summed E-state index contributed by atoms with van der Waals surface area (Å²) < 4.78 is 0.715. The molecule has 2 heterocycles. The number of hydrogen-bond acceptors (Lipinski definition) is 4. The van der Waals surface area contributed by atoms with E-state index in [-0.39, 0.29) is 0 Å². The van der Waals surface area contributed by atoms with Crippen molar-refractivity contribution in [3.05, 3.63) is 51.6 Å². The molecule has 5 heteroatoms. The van der Waals surface area contributed by atoms with E-state index in [1.165, 1.54) is 16.9 Å². The van der Waals surface area contributed by atoms with Gasteiger partial charge in [-0.2, -0.15) is 0 Å². The summed E-state index contributed by atoms with van der Waals surface area (Å²) in [5.74, 6) is 0. The highest BCUT2D eigenvalue weighted by Gasteiger charge is 2.05. The zero-order valence-electron chi connectivity index (χ0n) is 10.4. The average molecular weight is 290 g/mol. The number of hydrogen-bond donors (Lipinski definition) is 1. The first-order valence-corrected chi connectivity index (χ1v) is 7.12. The molecule has 1 N–H and O–H groups in total. The number of pyridine rings is 1. The van der Waals surface area contributed by atoms with E-state index in [0.717, 1.165) is 21.6 Å². The lowest BCUT2D eigenvalue weighted by Gasteiger charge is -2.09. The van der Waals surface area contributed by atoms with Crippen molar-refractivity contribution in [2.24, 2.45) is 0 Å². The molecule has 0 spiro atoms. The third-order valence-corrected chi connectivity index (χ3v) is 4.04. The van der Waals surface area contributed by atoms with Crippen LogP contribution in [-0.2, 0) is 6.54 Å². The lowest BCUT2D eigenvalue weighted by molar-refractivity contribution is 1.11. The van der Waals surface area contributed by atoms with Gasteiger partial charge in [-0.15, -0.1) is 11.3 Å². The molecule has 0 aliphatic carbocycles. The molecule has 1 aromatic carbocycles. The van der Waals surface area contributed by atoms with E-state index < -0.39 is 0 Å². The second-order valence-electron chi connectivity index (χ2n) is 4.24. The number of aryl methyl sites for hydroxylation is 1. The number of nitrogens with one attached hydrogen (secondary N) is 1. The number of anilines is 1. The largest absolute Gasteiger partial charge is 0.378 e. The fraction of sp³-hybridized carbons (Fsp3) is 0.143. The summed E-state index contributed by atoms with van der Waals surface area (Å²) in [5.41, 5.74) is 3.28. The third-order valence-electron chi connectivity index (χ3n) is 2.93. The third kappa shape index (κ3) is 2.55. The number of rotatable bonds is 3. The van der Waals surface area contributed by atoms with Gasteiger partial charge in [-0.25, -0.2) is 4.98 Å². The summed E-state index contributed by atoms with van der Waals surface area (Å²) >= 11 is 7.37. The van der Waals surface area contributed by atoms with E-state index in [1.54, 1.807) is 6.20 Å². The summed E-state index contributed by atoms with van der Waals surface area (Å²) in [5, 5.41) is 5.50. The SMILES string of the molecule is Cc1ccc(NCc2ncc(Cl)s2)c2cccnc12. The van der Waals surface area contributed by atoms with E-state index >= 15 is 0 Å². The average Bonchev–Trinajstić information content (AvgIpc) is 2.84. The fourth-order valence-corrected chi connectivity index (χ4v) is 2.90. The van der Waals surface area contributed by atoms with Crippen LogP contribution in [0, 0.1) is 6.92 Å². The molecule has 0 saturated heterocycles. The zero-order valence-corrected chi connectivity index (χ0v) is 11.9. The smallest absolute Gasteiger partial charge is 0.113 e. The standard InChI is InChI=1S/C14H12ClN3S/c1-9-4-5-11(10-3-2-6-16-14(9)10)17-8-13-18-7-12(15)19-13/h2-7,17H,8H2,1H3. The van der Waals surface area contributed by atoms with Crippen molar-refractivity contribution in [1.29, 1.82) is 0 Å². The maximum absolute atomic E-state index is 5.88. The predicted molar refractivity (Wildman–Crippen MR) is 80.9 cm³/mol. The lowest BCUT2D eigenvalue weighted by atomic mass is 10.1. The fourth-order valence-electron chi connectivity index (χ4n) is 2.01. The molecular weight excluding hydrogens is 278 g/mol. The molecule has 96 valence electrons. The van der Waals surface area contributed by atoms with Gasteiger partial charge in [0.15, 0.2) is 0 Å². The Morgan fingerprint density at radius 1 is 1.26 bits per heavy atom. The maximum atomic E-state index is 5.88. The van der Waals surface area contributed by atoms with Gasteiger partial charge in [-0.05, 0) is 30.7 Å². The van der Waals surface area contributed by atoms with E-state index in [9.17, 15) is 0 Å². The quantitative estimate of drug-likeness (QED) is 0.782. The van der Waals surface area contributed by atoms with Gasteiger partial charge in [0.25, 0.3) is 0 Å². The Balaban J connectivity index is 1.91. The predicted octanol–water partition coefficient (Wildman–Crippen LogP) is 4.27. The zero-order chi connectivity index (χ0) is 13.2. The second-order valence-corrected chi connectivity index (χ2v) is 5.99. The Hall–Kier alpha value is -1.65. The monoisotopic (exact) mass is 289 g/mol. The molecule has 3 nitrogen and oxygen atoms in total. The molecule has 0 fully saturated rings. The number of aromatic nitrogens is 2. The van der Waals surface area contributed by atoms with Crippen LogP contribution in [0.15, 0.2) is 36.7 Å². The molecule has 0 saturated carbocycles. The molecule has 0 atom stereocenters. The molecule has 2 aromatic heterocycles. The Morgan fingerprint density at radius 3 is 2.95 bits per heavy atom. The molecule has 3 rings (SSSR count). The molecular formula is C14H12ClN3S. The molecule has 0 radical (unpaired) electrons. The second kappa shape index (κ2) is 5.15. The van der Waals surface area contributed by atoms with Crippen molar-refractivity contribution >= 4 is 39.5 Å². The van der Waals surface area contributed by atoms with Crippen molar-refractivity contribution in [2.45, 2.75) is 13.5 Å². The summed E-state index contributed by atoms with van der Waals surface area (Å²) in [6.07, 6.45) is 3.50. The highest BCUT2D eigenvalue weighted by molar-refractivity contribution is 7.15. The van der Waals surface area contributed by atoms with E-state index in [2.05, 4.69) is 40.4 Å². The first kappa shape index (κ1) is 12.4. The Bertz CT molecular complexity index is 724. The molecule has 0 aliphatic rings. The highest BCUT2D eigenvalue weighted by atomic mass is 35.5. The van der Waals surface area contributed by atoms with E-state index in [1.807, 2.05) is 12.3 Å². The minimum atomic E-state index is 0.671. The normalized spacial score (nSPS) is 10.8. The van der Waals surface area contributed by atoms with Gasteiger partial charge in [0, 0.05) is 17.3 Å². The molecule has 0 unspecified atom stereocenters. The van der Waals surface area contributed by atoms with Crippen LogP contribution < -0.4 is 5.32 Å². The van der Waals surface area contributed by atoms with E-state index in [4.69, 9.17) is 11.6 Å². The number of benzene rings is 1. The van der Waals surface area contributed by atoms with Crippen LogP contribution in [-0.4, -0.2) is 9.97 Å². The van der Waals surface area contributed by atoms with Gasteiger partial charge in [0.05, 0.1) is 18.3 Å². The number of thiazole rings is 1. The molecule has 19 heavy (non-hydrogen) atoms. The van der Waals surface area contributed by atoms with Gasteiger partial charge in [-0.3, -0.25) is 4.98 Å². The first-order chi connectivity index (χ1) is 9.24. The number of nitrogens with zero attached hydrogens (tertiary/aromatic N) is 2.